The SMILES string of the molecule is OC[C@@H]1C[C@@H](F)[C@H](c2ccc(C(F)(F)F)cc2)O1. The largest absolute Gasteiger partial charge is 0.416 e. The summed E-state index contributed by atoms with van der Waals surface area (Å²) in [6.45, 7) is -0.294. The van der Waals surface area contributed by atoms with E-state index >= 15 is 0 Å². The van der Waals surface area contributed by atoms with Crippen LogP contribution in [0.4, 0.5) is 17.6 Å². The van der Waals surface area contributed by atoms with Crippen molar-refractivity contribution in [3.63, 3.8) is 0 Å². The highest BCUT2D eigenvalue weighted by Crippen LogP contribution is 2.36. The Morgan fingerprint density at radius 2 is 1.83 bits per heavy atom. The highest BCUT2D eigenvalue weighted by atomic mass is 19.4. The van der Waals surface area contributed by atoms with Gasteiger partial charge in [0.05, 0.1) is 18.3 Å². The molecule has 1 aliphatic heterocycles. The summed E-state index contributed by atoms with van der Waals surface area (Å²) in [5, 5.41) is 8.86. The van der Waals surface area contributed by atoms with Gasteiger partial charge in [-0.3, -0.25) is 0 Å². The van der Waals surface area contributed by atoms with Gasteiger partial charge in [0.15, 0.2) is 0 Å². The Kier molecular flexibility index (Phi) is 3.59. The predicted octanol–water partition coefficient (Wildman–Crippen LogP) is 2.87. The number of rotatable bonds is 2. The fourth-order valence-electron chi connectivity index (χ4n) is 1.99. The van der Waals surface area contributed by atoms with Crippen LogP contribution in [0.5, 0.6) is 0 Å². The van der Waals surface area contributed by atoms with Crippen molar-refractivity contribution in [1.82, 2.24) is 0 Å². The van der Waals surface area contributed by atoms with Crippen molar-refractivity contribution in [2.75, 3.05) is 6.61 Å². The molecular formula is C12H12F4O2. The summed E-state index contributed by atoms with van der Waals surface area (Å²) in [5.41, 5.74) is -0.426. The Morgan fingerprint density at radius 3 is 2.28 bits per heavy atom. The van der Waals surface area contributed by atoms with Crippen molar-refractivity contribution < 1.29 is 27.4 Å². The Morgan fingerprint density at radius 1 is 1.22 bits per heavy atom. The standard InChI is InChI=1S/C12H12F4O2/c13-10-5-9(6-17)18-11(10)7-1-3-8(4-2-7)12(14,15)16/h1-4,9-11,17H,5-6H2/t9-,10+,11-/m0/s1. The minimum absolute atomic E-state index is 0.0577. The zero-order chi connectivity index (χ0) is 13.3. The molecule has 1 heterocycles. The summed E-state index contributed by atoms with van der Waals surface area (Å²) in [6, 6.07) is 4.22. The van der Waals surface area contributed by atoms with Crippen LogP contribution in [0.3, 0.4) is 0 Å². The van der Waals surface area contributed by atoms with E-state index in [-0.39, 0.29) is 13.0 Å². The van der Waals surface area contributed by atoms with Crippen LogP contribution in [-0.2, 0) is 10.9 Å². The number of alkyl halides is 4. The third-order valence-electron chi connectivity index (χ3n) is 2.93. The number of ether oxygens (including phenoxy) is 1. The molecule has 1 aromatic rings. The second kappa shape index (κ2) is 4.85. The minimum atomic E-state index is -4.40. The van der Waals surface area contributed by atoms with Crippen molar-refractivity contribution in [2.24, 2.45) is 0 Å². The predicted molar refractivity (Wildman–Crippen MR) is 55.7 cm³/mol. The normalized spacial score (nSPS) is 28.6. The summed E-state index contributed by atoms with van der Waals surface area (Å²) < 4.78 is 55.9. The molecule has 6 heteroatoms. The fourth-order valence-corrected chi connectivity index (χ4v) is 1.99. The Labute approximate surface area is 101 Å². The van der Waals surface area contributed by atoms with E-state index in [9.17, 15) is 17.6 Å². The lowest BCUT2D eigenvalue weighted by Crippen LogP contribution is -2.11. The maximum Gasteiger partial charge on any atom is 0.416 e. The van der Waals surface area contributed by atoms with Crippen LogP contribution in [0.1, 0.15) is 23.7 Å². The van der Waals surface area contributed by atoms with Gasteiger partial charge in [-0.2, -0.15) is 13.2 Å². The Hall–Kier alpha value is -1.14. The number of aliphatic hydroxyl groups is 1. The quantitative estimate of drug-likeness (QED) is 0.832. The molecular weight excluding hydrogens is 252 g/mol. The number of aliphatic hydroxyl groups excluding tert-OH is 1. The van der Waals surface area contributed by atoms with Gasteiger partial charge < -0.3 is 9.84 Å². The Bertz CT molecular complexity index is 402. The van der Waals surface area contributed by atoms with E-state index < -0.39 is 30.1 Å². The van der Waals surface area contributed by atoms with E-state index in [0.717, 1.165) is 12.1 Å². The molecule has 100 valence electrons. The van der Waals surface area contributed by atoms with Crippen molar-refractivity contribution in [2.45, 2.75) is 31.0 Å². The topological polar surface area (TPSA) is 29.5 Å². The molecule has 0 radical (unpaired) electrons. The van der Waals surface area contributed by atoms with Crippen molar-refractivity contribution in [3.05, 3.63) is 35.4 Å². The lowest BCUT2D eigenvalue weighted by atomic mass is 10.0. The van der Waals surface area contributed by atoms with E-state index in [0.29, 0.717) is 5.56 Å². The molecule has 0 spiro atoms. The van der Waals surface area contributed by atoms with Crippen LogP contribution < -0.4 is 0 Å². The molecule has 0 unspecified atom stereocenters. The molecule has 2 nitrogen and oxygen atoms in total. The molecule has 1 saturated heterocycles. The monoisotopic (exact) mass is 264 g/mol. The van der Waals surface area contributed by atoms with Gasteiger partial charge in [-0.15, -0.1) is 0 Å². The third-order valence-corrected chi connectivity index (χ3v) is 2.93. The number of halogens is 4. The van der Waals surface area contributed by atoms with Crippen LogP contribution in [0.2, 0.25) is 0 Å². The summed E-state index contributed by atoms with van der Waals surface area (Å²) in [7, 11) is 0. The molecule has 0 aromatic heterocycles. The second-order valence-electron chi connectivity index (χ2n) is 4.23. The first-order valence-electron chi connectivity index (χ1n) is 5.49. The highest BCUT2D eigenvalue weighted by Gasteiger charge is 2.37. The molecule has 1 fully saturated rings. The summed E-state index contributed by atoms with van der Waals surface area (Å²) in [5.74, 6) is 0. The maximum absolute atomic E-state index is 13.6. The number of hydrogen-bond acceptors (Lipinski definition) is 2. The summed E-state index contributed by atoms with van der Waals surface area (Å²) in [6.07, 6.45) is -7.14. The van der Waals surface area contributed by atoms with Crippen LogP contribution >= 0.6 is 0 Å². The average molecular weight is 264 g/mol. The first-order valence-corrected chi connectivity index (χ1v) is 5.49. The van der Waals surface area contributed by atoms with Gasteiger partial charge in [0, 0.05) is 6.42 Å². The molecule has 0 amide bonds. The van der Waals surface area contributed by atoms with Crippen LogP contribution in [0, 0.1) is 0 Å². The first-order chi connectivity index (χ1) is 8.41. The summed E-state index contributed by atoms with van der Waals surface area (Å²) >= 11 is 0. The second-order valence-corrected chi connectivity index (χ2v) is 4.23. The van der Waals surface area contributed by atoms with Gasteiger partial charge in [-0.1, -0.05) is 12.1 Å². The van der Waals surface area contributed by atoms with Crippen molar-refractivity contribution >= 4 is 0 Å². The van der Waals surface area contributed by atoms with Gasteiger partial charge in [0.1, 0.15) is 12.3 Å². The molecule has 1 aromatic carbocycles. The van der Waals surface area contributed by atoms with Crippen LogP contribution in [0.15, 0.2) is 24.3 Å². The van der Waals surface area contributed by atoms with Gasteiger partial charge >= 0.3 is 6.18 Å². The lowest BCUT2D eigenvalue weighted by molar-refractivity contribution is -0.137. The lowest BCUT2D eigenvalue weighted by Gasteiger charge is -2.15. The van der Waals surface area contributed by atoms with Gasteiger partial charge in [-0.05, 0) is 17.7 Å². The van der Waals surface area contributed by atoms with Crippen LogP contribution in [0.25, 0.3) is 0 Å². The first kappa shape index (κ1) is 13.3. The van der Waals surface area contributed by atoms with Gasteiger partial charge in [0.25, 0.3) is 0 Å². The Balaban J connectivity index is 2.15. The van der Waals surface area contributed by atoms with Gasteiger partial charge in [0.2, 0.25) is 0 Å². The fraction of sp³-hybridized carbons (Fsp3) is 0.500. The van der Waals surface area contributed by atoms with E-state index in [1.807, 2.05) is 0 Å². The minimum Gasteiger partial charge on any atom is -0.394 e. The zero-order valence-electron chi connectivity index (χ0n) is 9.32. The van der Waals surface area contributed by atoms with Crippen molar-refractivity contribution in [3.8, 4) is 0 Å². The highest BCUT2D eigenvalue weighted by molar-refractivity contribution is 5.27. The van der Waals surface area contributed by atoms with E-state index in [4.69, 9.17) is 9.84 Å². The van der Waals surface area contributed by atoms with E-state index in [1.54, 1.807) is 0 Å². The molecule has 0 aliphatic carbocycles. The molecule has 0 bridgehead atoms. The zero-order valence-corrected chi connectivity index (χ0v) is 9.32. The average Bonchev–Trinajstić information content (AvgIpc) is 2.70. The molecule has 0 saturated carbocycles. The number of hydrogen-bond donors (Lipinski definition) is 1. The molecule has 2 rings (SSSR count). The maximum atomic E-state index is 13.6. The third kappa shape index (κ3) is 2.64. The molecule has 1 aliphatic rings. The molecule has 3 atom stereocenters. The van der Waals surface area contributed by atoms with Crippen molar-refractivity contribution in [1.29, 1.82) is 0 Å². The molecule has 1 N–H and O–H groups in total. The van der Waals surface area contributed by atoms with Crippen LogP contribution in [-0.4, -0.2) is 24.0 Å². The summed E-state index contributed by atoms with van der Waals surface area (Å²) in [4.78, 5) is 0. The molecule has 18 heavy (non-hydrogen) atoms. The number of benzene rings is 1. The van der Waals surface area contributed by atoms with E-state index in [1.165, 1.54) is 12.1 Å². The van der Waals surface area contributed by atoms with E-state index in [2.05, 4.69) is 0 Å². The van der Waals surface area contributed by atoms with Gasteiger partial charge in [-0.25, -0.2) is 4.39 Å². The smallest absolute Gasteiger partial charge is 0.394 e.